The zero-order valence-electron chi connectivity index (χ0n) is 29.8. The first-order valence-electron chi connectivity index (χ1n) is 18.5. The van der Waals surface area contributed by atoms with Gasteiger partial charge in [-0.25, -0.2) is 0 Å². The van der Waals surface area contributed by atoms with Crippen LogP contribution >= 0.6 is 15.9 Å². The smallest absolute Gasteiger partial charge is 0.135 e. The predicted molar refractivity (Wildman–Crippen MR) is 209 cm³/mol. The number of benzene rings is 4. The van der Waals surface area contributed by atoms with Crippen molar-refractivity contribution in [2.24, 2.45) is 0 Å². The Hall–Kier alpha value is -3.09. The number of halogens is 1. The summed E-state index contributed by atoms with van der Waals surface area (Å²) in [6.07, 6.45) is 10.5. The number of aryl methyl sites for hydroxylation is 2. The highest BCUT2D eigenvalue weighted by Crippen LogP contribution is 2.33. The molecule has 0 bridgehead atoms. The molecule has 4 aromatic rings. The number of rotatable bonds is 11. The third-order valence-electron chi connectivity index (χ3n) is 9.64. The van der Waals surface area contributed by atoms with Gasteiger partial charge in [0.15, 0.2) is 0 Å². The number of aliphatic hydroxyl groups is 1. The van der Waals surface area contributed by atoms with Gasteiger partial charge in [-0.3, -0.25) is 14.6 Å². The van der Waals surface area contributed by atoms with E-state index in [1.165, 1.54) is 54.4 Å². The SMILES string of the molecule is CCCCc1ccc(Br)cc1.CCCCc1ccc(C2(O)CCN(Cc3ccccc3)CC2)cc1.O=C1CCN(Cc2ccccc2)CC1. The van der Waals surface area contributed by atoms with Crippen molar-refractivity contribution in [3.05, 3.63) is 141 Å². The largest absolute Gasteiger partial charge is 0.385 e. The van der Waals surface area contributed by atoms with Crippen LogP contribution in [0.15, 0.2) is 114 Å². The summed E-state index contributed by atoms with van der Waals surface area (Å²) in [5.41, 5.74) is 5.93. The monoisotopic (exact) mass is 724 g/mol. The van der Waals surface area contributed by atoms with E-state index < -0.39 is 5.60 Å². The first kappa shape index (κ1) is 38.7. The average Bonchev–Trinajstić information content (AvgIpc) is 3.14. The molecule has 6 rings (SSSR count). The topological polar surface area (TPSA) is 43.8 Å². The van der Waals surface area contributed by atoms with Gasteiger partial charge in [0.25, 0.3) is 0 Å². The van der Waals surface area contributed by atoms with Crippen molar-refractivity contribution in [1.82, 2.24) is 9.80 Å². The van der Waals surface area contributed by atoms with Crippen molar-refractivity contribution in [1.29, 1.82) is 0 Å². The molecule has 4 nitrogen and oxygen atoms in total. The maximum absolute atomic E-state index is 11.1. The molecular formula is C44H57BrN2O2. The number of carbonyl (C=O) groups excluding carboxylic acids is 1. The highest BCUT2D eigenvalue weighted by Gasteiger charge is 2.33. The number of hydrogen-bond acceptors (Lipinski definition) is 4. The van der Waals surface area contributed by atoms with Crippen LogP contribution in [0.3, 0.4) is 0 Å². The molecule has 4 aromatic carbocycles. The van der Waals surface area contributed by atoms with Gasteiger partial charge in [-0.1, -0.05) is 140 Å². The van der Waals surface area contributed by atoms with Crippen molar-refractivity contribution in [2.75, 3.05) is 26.2 Å². The van der Waals surface area contributed by atoms with E-state index in [1.54, 1.807) is 0 Å². The van der Waals surface area contributed by atoms with Gasteiger partial charge >= 0.3 is 0 Å². The van der Waals surface area contributed by atoms with Crippen LogP contribution in [-0.4, -0.2) is 46.9 Å². The number of carbonyl (C=O) groups is 1. The Balaban J connectivity index is 0.000000183. The van der Waals surface area contributed by atoms with Crippen LogP contribution in [-0.2, 0) is 36.3 Å². The zero-order valence-corrected chi connectivity index (χ0v) is 31.4. The molecule has 0 radical (unpaired) electrons. The van der Waals surface area contributed by atoms with Gasteiger partial charge in [-0.2, -0.15) is 0 Å². The van der Waals surface area contributed by atoms with Gasteiger partial charge in [0.05, 0.1) is 5.60 Å². The fourth-order valence-corrected chi connectivity index (χ4v) is 6.67. The Labute approximate surface area is 304 Å². The fraction of sp³-hybridized carbons (Fsp3) is 0.432. The van der Waals surface area contributed by atoms with Crippen LogP contribution in [0.5, 0.6) is 0 Å². The number of hydrogen-bond donors (Lipinski definition) is 1. The summed E-state index contributed by atoms with van der Waals surface area (Å²) in [4.78, 5) is 15.8. The highest BCUT2D eigenvalue weighted by atomic mass is 79.9. The first-order chi connectivity index (χ1) is 23.9. The van der Waals surface area contributed by atoms with E-state index in [0.717, 1.165) is 81.4 Å². The molecule has 0 amide bonds. The highest BCUT2D eigenvalue weighted by molar-refractivity contribution is 9.10. The summed E-state index contributed by atoms with van der Waals surface area (Å²) in [5.74, 6) is 0.411. The molecule has 5 heteroatoms. The molecule has 0 atom stereocenters. The van der Waals surface area contributed by atoms with Crippen LogP contribution in [0.25, 0.3) is 0 Å². The molecule has 0 aliphatic carbocycles. The minimum Gasteiger partial charge on any atom is -0.385 e. The van der Waals surface area contributed by atoms with Gasteiger partial charge in [0, 0.05) is 56.6 Å². The third-order valence-corrected chi connectivity index (χ3v) is 10.2. The van der Waals surface area contributed by atoms with Crippen molar-refractivity contribution < 1.29 is 9.90 Å². The lowest BCUT2D eigenvalue weighted by Gasteiger charge is -2.38. The van der Waals surface area contributed by atoms with Crippen LogP contribution in [0.2, 0.25) is 0 Å². The number of unbranched alkanes of at least 4 members (excludes halogenated alkanes) is 2. The number of nitrogens with zero attached hydrogens (tertiary/aromatic N) is 2. The molecule has 2 fully saturated rings. The van der Waals surface area contributed by atoms with E-state index in [-0.39, 0.29) is 0 Å². The second-order valence-corrected chi connectivity index (χ2v) is 14.5. The van der Waals surface area contributed by atoms with Crippen LogP contribution in [0, 0.1) is 0 Å². The van der Waals surface area contributed by atoms with Crippen molar-refractivity contribution >= 4 is 21.7 Å². The van der Waals surface area contributed by atoms with Gasteiger partial charge in [0.2, 0.25) is 0 Å². The normalized spacial score (nSPS) is 16.2. The van der Waals surface area contributed by atoms with E-state index >= 15 is 0 Å². The molecule has 2 aliphatic heterocycles. The summed E-state index contributed by atoms with van der Waals surface area (Å²) in [6, 6.07) is 38.2. The summed E-state index contributed by atoms with van der Waals surface area (Å²) < 4.78 is 1.16. The van der Waals surface area contributed by atoms with E-state index in [0.29, 0.717) is 5.78 Å². The van der Waals surface area contributed by atoms with Gasteiger partial charge in [-0.05, 0) is 78.5 Å². The Morgan fingerprint density at radius 1 is 0.592 bits per heavy atom. The first-order valence-corrected chi connectivity index (χ1v) is 19.3. The lowest BCUT2D eigenvalue weighted by atomic mass is 9.84. The van der Waals surface area contributed by atoms with Gasteiger partial charge in [0.1, 0.15) is 5.78 Å². The average molecular weight is 726 g/mol. The van der Waals surface area contributed by atoms with Crippen LogP contribution in [0.4, 0.5) is 0 Å². The number of likely N-dealkylation sites (tertiary alicyclic amines) is 2. The molecule has 0 spiro atoms. The maximum Gasteiger partial charge on any atom is 0.135 e. The minimum atomic E-state index is -0.656. The molecule has 0 saturated carbocycles. The molecule has 262 valence electrons. The number of ketones is 1. The Kier molecular flexibility index (Phi) is 16.7. The molecule has 49 heavy (non-hydrogen) atoms. The summed E-state index contributed by atoms with van der Waals surface area (Å²) in [7, 11) is 0. The van der Waals surface area contributed by atoms with Crippen LogP contribution in [0.1, 0.15) is 93.0 Å². The molecule has 2 saturated heterocycles. The lowest BCUT2D eigenvalue weighted by Crippen LogP contribution is -2.42. The second-order valence-electron chi connectivity index (χ2n) is 13.6. The number of piperidine rings is 2. The maximum atomic E-state index is 11.1. The van der Waals surface area contributed by atoms with E-state index in [1.807, 2.05) is 6.07 Å². The van der Waals surface area contributed by atoms with Crippen molar-refractivity contribution in [3.8, 4) is 0 Å². The molecular weight excluding hydrogens is 668 g/mol. The molecule has 0 unspecified atom stereocenters. The third kappa shape index (κ3) is 14.0. The number of Topliss-reactive ketones (excluding diaryl/α,β-unsaturated/α-hetero) is 1. The fourth-order valence-electron chi connectivity index (χ4n) is 6.41. The Bertz CT molecular complexity index is 1460. The van der Waals surface area contributed by atoms with Crippen molar-refractivity contribution in [2.45, 2.75) is 96.7 Å². The molecule has 1 N–H and O–H groups in total. The summed E-state index contributed by atoms with van der Waals surface area (Å²) in [6.45, 7) is 10.1. The Morgan fingerprint density at radius 2 is 1.02 bits per heavy atom. The zero-order chi connectivity index (χ0) is 34.7. The predicted octanol–water partition coefficient (Wildman–Crippen LogP) is 10.2. The van der Waals surface area contributed by atoms with Crippen LogP contribution < -0.4 is 0 Å². The van der Waals surface area contributed by atoms with Gasteiger partial charge in [-0.15, -0.1) is 0 Å². The molecule has 2 aliphatic rings. The minimum absolute atomic E-state index is 0.411. The quantitative estimate of drug-likeness (QED) is 0.167. The summed E-state index contributed by atoms with van der Waals surface area (Å²) in [5, 5.41) is 11.1. The van der Waals surface area contributed by atoms with E-state index in [4.69, 9.17) is 0 Å². The van der Waals surface area contributed by atoms with Crippen molar-refractivity contribution in [3.63, 3.8) is 0 Å². The molecule has 2 heterocycles. The molecule has 0 aromatic heterocycles. The Morgan fingerprint density at radius 3 is 1.47 bits per heavy atom. The lowest BCUT2D eigenvalue weighted by molar-refractivity contribution is -0.121. The van der Waals surface area contributed by atoms with Gasteiger partial charge < -0.3 is 5.11 Å². The van der Waals surface area contributed by atoms with E-state index in [9.17, 15) is 9.90 Å². The standard InChI is InChI=1S/C22H29NO.C12H15NO.C10H13Br/c1-2-3-7-19-10-12-21(13-11-19)22(24)14-16-23(17-15-22)18-20-8-5-4-6-9-20;14-12-6-8-13(9-7-12)10-11-4-2-1-3-5-11;1-2-3-4-9-5-7-10(11)8-6-9/h4-6,8-13,24H,2-3,7,14-18H2,1H3;1-5H,6-10H2;5-8H,2-4H2,1H3. The second kappa shape index (κ2) is 21.2. The summed E-state index contributed by atoms with van der Waals surface area (Å²) >= 11 is 3.41. The van der Waals surface area contributed by atoms with E-state index in [2.05, 4.69) is 143 Å².